The van der Waals surface area contributed by atoms with E-state index in [9.17, 15) is 9.90 Å². The van der Waals surface area contributed by atoms with Gasteiger partial charge in [0.15, 0.2) is 6.29 Å². The van der Waals surface area contributed by atoms with E-state index in [2.05, 4.69) is 6.08 Å². The second kappa shape index (κ2) is 3.39. The number of hydrogen-bond donors (Lipinski definition) is 1. The summed E-state index contributed by atoms with van der Waals surface area (Å²) in [5.74, 6) is 0.310. The lowest BCUT2D eigenvalue weighted by Gasteiger charge is -2.22. The first-order valence-electron chi connectivity index (χ1n) is 5.25. The van der Waals surface area contributed by atoms with Crippen molar-refractivity contribution >= 4 is 5.97 Å². The lowest BCUT2D eigenvalue weighted by molar-refractivity contribution is -0.177. The minimum atomic E-state index is -0.940. The number of fused-ring (bicyclic) bond motifs is 2. The summed E-state index contributed by atoms with van der Waals surface area (Å²) in [7, 11) is 0. The molecular weight excluding hydrogens is 180 g/mol. The summed E-state index contributed by atoms with van der Waals surface area (Å²) in [6.07, 6.45) is 6.41. The molecule has 2 aliphatic rings. The summed E-state index contributed by atoms with van der Waals surface area (Å²) < 4.78 is 4.97. The molecule has 2 rings (SSSR count). The Labute approximate surface area is 83.8 Å². The van der Waals surface area contributed by atoms with Gasteiger partial charge in [0.05, 0.1) is 5.41 Å². The molecule has 0 radical (unpaired) electrons. The Bertz CT molecular complexity index is 272. The molecule has 1 fully saturated rings. The van der Waals surface area contributed by atoms with Gasteiger partial charge in [-0.1, -0.05) is 19.1 Å². The molecule has 0 aliphatic heterocycles. The molecular formula is C11H16O3. The van der Waals surface area contributed by atoms with Gasteiger partial charge in [0.1, 0.15) is 0 Å². The van der Waals surface area contributed by atoms with Crippen LogP contribution in [0.25, 0.3) is 0 Å². The zero-order valence-corrected chi connectivity index (χ0v) is 8.40. The number of carbonyl (C=O) groups is 1. The molecule has 2 aliphatic carbocycles. The van der Waals surface area contributed by atoms with E-state index in [1.54, 1.807) is 6.92 Å². The SMILES string of the molecule is CCC(O)OC(=O)C12C=CC(CC1)C2. The van der Waals surface area contributed by atoms with Crippen LogP contribution in [0.15, 0.2) is 12.2 Å². The highest BCUT2D eigenvalue weighted by Gasteiger charge is 2.48. The van der Waals surface area contributed by atoms with Gasteiger partial charge in [-0.05, 0) is 25.2 Å². The van der Waals surface area contributed by atoms with E-state index >= 15 is 0 Å². The normalized spacial score (nSPS) is 36.0. The Kier molecular flexibility index (Phi) is 2.35. The molecule has 3 heteroatoms. The Balaban J connectivity index is 2.01. The van der Waals surface area contributed by atoms with Crippen LogP contribution >= 0.6 is 0 Å². The molecule has 0 aromatic rings. The van der Waals surface area contributed by atoms with Crippen molar-refractivity contribution in [2.75, 3.05) is 0 Å². The molecule has 0 amide bonds. The van der Waals surface area contributed by atoms with E-state index in [4.69, 9.17) is 4.74 Å². The van der Waals surface area contributed by atoms with E-state index < -0.39 is 11.7 Å². The summed E-state index contributed by atoms with van der Waals surface area (Å²) in [5.41, 5.74) is -0.402. The summed E-state index contributed by atoms with van der Waals surface area (Å²) in [6, 6.07) is 0. The number of aliphatic hydroxyl groups excluding tert-OH is 1. The molecule has 0 aromatic heterocycles. The van der Waals surface area contributed by atoms with Crippen LogP contribution in [0.3, 0.4) is 0 Å². The van der Waals surface area contributed by atoms with Crippen LogP contribution < -0.4 is 0 Å². The predicted molar refractivity (Wildman–Crippen MR) is 51.3 cm³/mol. The Morgan fingerprint density at radius 1 is 1.79 bits per heavy atom. The van der Waals surface area contributed by atoms with Gasteiger partial charge in [-0.25, -0.2) is 0 Å². The van der Waals surface area contributed by atoms with Crippen LogP contribution in [-0.2, 0) is 9.53 Å². The summed E-state index contributed by atoms with van der Waals surface area (Å²) in [6.45, 7) is 1.79. The van der Waals surface area contributed by atoms with Crippen LogP contribution in [0.5, 0.6) is 0 Å². The van der Waals surface area contributed by atoms with Crippen molar-refractivity contribution in [2.24, 2.45) is 11.3 Å². The van der Waals surface area contributed by atoms with Gasteiger partial charge in [0.2, 0.25) is 0 Å². The van der Waals surface area contributed by atoms with E-state index in [1.807, 2.05) is 6.08 Å². The first-order valence-corrected chi connectivity index (χ1v) is 5.25. The van der Waals surface area contributed by atoms with E-state index in [0.29, 0.717) is 12.3 Å². The van der Waals surface area contributed by atoms with Gasteiger partial charge < -0.3 is 9.84 Å². The van der Waals surface area contributed by atoms with Gasteiger partial charge >= 0.3 is 5.97 Å². The highest BCUT2D eigenvalue weighted by atomic mass is 16.6. The monoisotopic (exact) mass is 196 g/mol. The molecule has 2 bridgehead atoms. The zero-order valence-electron chi connectivity index (χ0n) is 8.40. The number of esters is 1. The topological polar surface area (TPSA) is 46.5 Å². The van der Waals surface area contributed by atoms with E-state index in [-0.39, 0.29) is 5.97 Å². The molecule has 14 heavy (non-hydrogen) atoms. The van der Waals surface area contributed by atoms with Crippen LogP contribution in [-0.4, -0.2) is 17.4 Å². The lowest BCUT2D eigenvalue weighted by atomic mass is 9.88. The molecule has 0 aromatic carbocycles. The smallest absolute Gasteiger partial charge is 0.318 e. The van der Waals surface area contributed by atoms with Gasteiger partial charge in [-0.2, -0.15) is 0 Å². The molecule has 3 atom stereocenters. The number of carbonyl (C=O) groups excluding carboxylic acids is 1. The number of ether oxygens (including phenoxy) is 1. The number of aliphatic hydroxyl groups is 1. The molecule has 0 heterocycles. The van der Waals surface area contributed by atoms with Crippen LogP contribution in [0, 0.1) is 11.3 Å². The Morgan fingerprint density at radius 3 is 3.00 bits per heavy atom. The summed E-state index contributed by atoms with van der Waals surface area (Å²) in [4.78, 5) is 11.8. The van der Waals surface area contributed by atoms with E-state index in [0.717, 1.165) is 19.3 Å². The fourth-order valence-electron chi connectivity index (χ4n) is 2.33. The largest absolute Gasteiger partial charge is 0.435 e. The third kappa shape index (κ3) is 1.46. The van der Waals surface area contributed by atoms with Crippen molar-refractivity contribution in [1.29, 1.82) is 0 Å². The van der Waals surface area contributed by atoms with Crippen molar-refractivity contribution in [3.8, 4) is 0 Å². The van der Waals surface area contributed by atoms with Crippen LogP contribution in [0.2, 0.25) is 0 Å². The number of hydrogen-bond acceptors (Lipinski definition) is 3. The fraction of sp³-hybridized carbons (Fsp3) is 0.727. The highest BCUT2D eigenvalue weighted by molar-refractivity contribution is 5.80. The summed E-state index contributed by atoms with van der Waals surface area (Å²) >= 11 is 0. The third-order valence-electron chi connectivity index (χ3n) is 3.27. The summed E-state index contributed by atoms with van der Waals surface area (Å²) in [5, 5.41) is 9.25. The highest BCUT2D eigenvalue weighted by Crippen LogP contribution is 2.49. The molecule has 0 spiro atoms. The fourth-order valence-corrected chi connectivity index (χ4v) is 2.33. The number of allylic oxidation sites excluding steroid dienone is 1. The van der Waals surface area contributed by atoms with Crippen molar-refractivity contribution in [2.45, 2.75) is 38.9 Å². The standard InChI is InChI=1S/C11H16O3/c1-2-9(12)14-10(13)11-5-3-8(7-11)4-6-11/h3,5,8-9,12H,2,4,6-7H2,1H3. The van der Waals surface area contributed by atoms with Crippen molar-refractivity contribution in [3.05, 3.63) is 12.2 Å². The molecule has 1 N–H and O–H groups in total. The molecule has 0 saturated heterocycles. The molecule has 78 valence electrons. The average molecular weight is 196 g/mol. The molecule has 1 saturated carbocycles. The quantitative estimate of drug-likeness (QED) is 0.424. The van der Waals surface area contributed by atoms with Gasteiger partial charge in [-0.15, -0.1) is 0 Å². The van der Waals surface area contributed by atoms with Crippen molar-refractivity contribution in [1.82, 2.24) is 0 Å². The van der Waals surface area contributed by atoms with Gasteiger partial charge in [-0.3, -0.25) is 4.79 Å². The van der Waals surface area contributed by atoms with Gasteiger partial charge in [0.25, 0.3) is 0 Å². The minimum absolute atomic E-state index is 0.247. The second-order valence-electron chi connectivity index (χ2n) is 4.29. The minimum Gasteiger partial charge on any atom is -0.435 e. The Hall–Kier alpha value is -0.830. The number of rotatable bonds is 3. The van der Waals surface area contributed by atoms with Crippen LogP contribution in [0.4, 0.5) is 0 Å². The maximum Gasteiger partial charge on any atom is 0.318 e. The van der Waals surface area contributed by atoms with E-state index in [1.165, 1.54) is 0 Å². The zero-order chi connectivity index (χ0) is 10.2. The van der Waals surface area contributed by atoms with Crippen molar-refractivity contribution < 1.29 is 14.6 Å². The molecule has 3 unspecified atom stereocenters. The van der Waals surface area contributed by atoms with Gasteiger partial charge in [0, 0.05) is 6.42 Å². The average Bonchev–Trinajstić information content (AvgIpc) is 2.78. The third-order valence-corrected chi connectivity index (χ3v) is 3.27. The lowest BCUT2D eigenvalue weighted by Crippen LogP contribution is -2.30. The van der Waals surface area contributed by atoms with Crippen molar-refractivity contribution in [3.63, 3.8) is 0 Å². The van der Waals surface area contributed by atoms with Crippen LogP contribution in [0.1, 0.15) is 32.6 Å². The first-order chi connectivity index (χ1) is 6.66. The second-order valence-corrected chi connectivity index (χ2v) is 4.29. The maximum atomic E-state index is 11.8. The predicted octanol–water partition coefficient (Wildman–Crippen LogP) is 1.61. The first kappa shape index (κ1) is 9.71. The maximum absolute atomic E-state index is 11.8. The molecule has 3 nitrogen and oxygen atoms in total. The Morgan fingerprint density at radius 2 is 2.57 bits per heavy atom.